The summed E-state index contributed by atoms with van der Waals surface area (Å²) in [6.45, 7) is 2.66. The number of nitrogens with zero attached hydrogens (tertiary/aromatic N) is 2. The van der Waals surface area contributed by atoms with Crippen molar-refractivity contribution in [3.05, 3.63) is 41.3 Å². The van der Waals surface area contributed by atoms with E-state index in [4.69, 9.17) is 5.73 Å². The van der Waals surface area contributed by atoms with Crippen molar-refractivity contribution in [1.29, 1.82) is 0 Å². The van der Waals surface area contributed by atoms with Crippen LogP contribution in [0, 0.1) is 6.92 Å². The number of pyridine rings is 1. The number of rotatable bonds is 2. The molecule has 1 aliphatic heterocycles. The minimum atomic E-state index is -0.629. The Kier molecular flexibility index (Phi) is 3.06. The van der Waals surface area contributed by atoms with E-state index in [1.54, 1.807) is 12.4 Å². The summed E-state index contributed by atoms with van der Waals surface area (Å²) in [5.74, 6) is -0.484. The van der Waals surface area contributed by atoms with E-state index in [1.807, 2.05) is 23.6 Å². The number of nitrogens with two attached hydrogens (primary N) is 1. The molecule has 0 aliphatic carbocycles. The molecule has 3 N–H and O–H groups in total. The Morgan fingerprint density at radius 3 is 3.00 bits per heavy atom. The van der Waals surface area contributed by atoms with Gasteiger partial charge in [-0.3, -0.25) is 9.78 Å². The van der Waals surface area contributed by atoms with Crippen molar-refractivity contribution < 1.29 is 9.90 Å². The van der Waals surface area contributed by atoms with Crippen molar-refractivity contribution in [2.45, 2.75) is 32.4 Å². The molecule has 0 saturated heterocycles. The zero-order valence-corrected chi connectivity index (χ0v) is 11.3. The minimum absolute atomic E-state index is 0.455. The summed E-state index contributed by atoms with van der Waals surface area (Å²) in [6, 6.07) is 3.81. The van der Waals surface area contributed by atoms with Gasteiger partial charge in [0.15, 0.2) is 0 Å². The van der Waals surface area contributed by atoms with Crippen LogP contribution in [0.4, 0.5) is 0 Å². The number of carbonyl (C=O) groups is 1. The maximum Gasteiger partial charge on any atom is 0.250 e. The van der Waals surface area contributed by atoms with Crippen LogP contribution in [0.5, 0.6) is 0 Å². The van der Waals surface area contributed by atoms with Gasteiger partial charge in [0.2, 0.25) is 0 Å². The maximum atomic E-state index is 11.8. The molecule has 5 heteroatoms. The van der Waals surface area contributed by atoms with Gasteiger partial charge in [-0.2, -0.15) is 0 Å². The third-order valence-electron chi connectivity index (χ3n) is 3.90. The van der Waals surface area contributed by atoms with Gasteiger partial charge < -0.3 is 15.4 Å². The second kappa shape index (κ2) is 4.76. The van der Waals surface area contributed by atoms with Gasteiger partial charge in [-0.1, -0.05) is 0 Å². The fourth-order valence-electron chi connectivity index (χ4n) is 3.11. The van der Waals surface area contributed by atoms with Crippen molar-refractivity contribution in [2.75, 3.05) is 0 Å². The monoisotopic (exact) mass is 271 g/mol. The number of hydrogen-bond donors (Lipinski definition) is 2. The molecule has 3 rings (SSSR count). The Morgan fingerprint density at radius 1 is 1.55 bits per heavy atom. The molecule has 1 amide bonds. The van der Waals surface area contributed by atoms with Crippen LogP contribution >= 0.6 is 0 Å². The number of amides is 1. The first-order valence-electron chi connectivity index (χ1n) is 6.72. The van der Waals surface area contributed by atoms with Gasteiger partial charge in [0.25, 0.3) is 5.91 Å². The molecule has 0 fully saturated rings. The molecule has 5 nitrogen and oxygen atoms in total. The van der Waals surface area contributed by atoms with E-state index in [9.17, 15) is 9.90 Å². The highest BCUT2D eigenvalue weighted by Gasteiger charge is 2.30. The van der Waals surface area contributed by atoms with Crippen LogP contribution in [-0.2, 0) is 6.54 Å². The zero-order valence-electron chi connectivity index (χ0n) is 11.3. The molecule has 104 valence electrons. The first-order valence-corrected chi connectivity index (χ1v) is 6.72. The molecule has 20 heavy (non-hydrogen) atoms. The average molecular weight is 271 g/mol. The van der Waals surface area contributed by atoms with E-state index in [1.165, 1.54) is 0 Å². The third kappa shape index (κ3) is 1.82. The van der Waals surface area contributed by atoms with E-state index in [0.717, 1.165) is 29.8 Å². The molecule has 1 aliphatic rings. The second-order valence-electron chi connectivity index (χ2n) is 5.15. The number of hydrogen-bond acceptors (Lipinski definition) is 3. The number of aromatic nitrogens is 2. The van der Waals surface area contributed by atoms with E-state index < -0.39 is 12.0 Å². The standard InChI is InChI=1S/C15H17N3O2/c1-9-12(15(16)20)14-11(19)5-3-7-18(14)13(9)10-4-2-6-17-8-10/h2,4,6,8,11,19H,3,5,7H2,1H3,(H2,16,20). The number of aliphatic hydroxyl groups is 1. The van der Waals surface area contributed by atoms with Gasteiger partial charge in [0.1, 0.15) is 0 Å². The van der Waals surface area contributed by atoms with Crippen LogP contribution < -0.4 is 5.73 Å². The molecule has 0 spiro atoms. The third-order valence-corrected chi connectivity index (χ3v) is 3.90. The predicted octanol–water partition coefficient (Wildman–Crippen LogP) is 1.78. The summed E-state index contributed by atoms with van der Waals surface area (Å²) < 4.78 is 2.01. The Labute approximate surface area is 117 Å². The summed E-state index contributed by atoms with van der Waals surface area (Å²) >= 11 is 0. The van der Waals surface area contributed by atoms with Crippen molar-refractivity contribution >= 4 is 5.91 Å². The summed E-state index contributed by atoms with van der Waals surface area (Å²) in [5, 5.41) is 10.2. The molecule has 2 aromatic heterocycles. The summed E-state index contributed by atoms with van der Waals surface area (Å²) in [7, 11) is 0. The smallest absolute Gasteiger partial charge is 0.250 e. The van der Waals surface area contributed by atoms with E-state index in [0.29, 0.717) is 17.7 Å². The molecule has 0 saturated carbocycles. The van der Waals surface area contributed by atoms with Gasteiger partial charge in [0, 0.05) is 24.5 Å². The number of aliphatic hydroxyl groups excluding tert-OH is 1. The van der Waals surface area contributed by atoms with Crippen molar-refractivity contribution in [3.63, 3.8) is 0 Å². The topological polar surface area (TPSA) is 81.1 Å². The van der Waals surface area contributed by atoms with Crippen molar-refractivity contribution in [1.82, 2.24) is 9.55 Å². The van der Waals surface area contributed by atoms with Gasteiger partial charge in [-0.25, -0.2) is 0 Å². The Balaban J connectivity index is 2.31. The lowest BCUT2D eigenvalue weighted by Gasteiger charge is -2.23. The fourth-order valence-corrected chi connectivity index (χ4v) is 3.11. The minimum Gasteiger partial charge on any atom is -0.387 e. The van der Waals surface area contributed by atoms with E-state index in [2.05, 4.69) is 4.98 Å². The average Bonchev–Trinajstić information content (AvgIpc) is 2.73. The lowest BCUT2D eigenvalue weighted by Crippen LogP contribution is -2.21. The van der Waals surface area contributed by atoms with Crippen molar-refractivity contribution in [3.8, 4) is 11.3 Å². The molecule has 1 unspecified atom stereocenters. The molecule has 0 radical (unpaired) electrons. The first-order chi connectivity index (χ1) is 9.61. The van der Waals surface area contributed by atoms with Crippen molar-refractivity contribution in [2.24, 2.45) is 5.73 Å². The molecule has 0 aromatic carbocycles. The molecule has 0 bridgehead atoms. The SMILES string of the molecule is Cc1c(C(N)=O)c2n(c1-c1cccnc1)CCCC2O. The summed E-state index contributed by atoms with van der Waals surface area (Å²) in [6.07, 6.45) is 4.39. The quantitative estimate of drug-likeness (QED) is 0.873. The largest absolute Gasteiger partial charge is 0.387 e. The van der Waals surface area contributed by atoms with Crippen LogP contribution in [0.1, 0.15) is 40.6 Å². The lowest BCUT2D eigenvalue weighted by atomic mass is 10.0. The van der Waals surface area contributed by atoms with Crippen LogP contribution in [-0.4, -0.2) is 20.6 Å². The number of carbonyl (C=O) groups excluding carboxylic acids is 1. The van der Waals surface area contributed by atoms with Crippen LogP contribution in [0.2, 0.25) is 0 Å². The summed E-state index contributed by atoms with van der Waals surface area (Å²) in [5.41, 5.74) is 9.31. The van der Waals surface area contributed by atoms with Gasteiger partial charge in [-0.05, 0) is 37.5 Å². The molecule has 1 atom stereocenters. The maximum absolute atomic E-state index is 11.8. The Hall–Kier alpha value is -2.14. The number of primary amides is 1. The highest BCUT2D eigenvalue weighted by molar-refractivity contribution is 5.98. The summed E-state index contributed by atoms with van der Waals surface area (Å²) in [4.78, 5) is 15.9. The molecular weight excluding hydrogens is 254 g/mol. The molecular formula is C15H17N3O2. The van der Waals surface area contributed by atoms with E-state index in [-0.39, 0.29) is 0 Å². The van der Waals surface area contributed by atoms with Gasteiger partial charge >= 0.3 is 0 Å². The highest BCUT2D eigenvalue weighted by Crippen LogP contribution is 2.38. The number of fused-ring (bicyclic) bond motifs is 1. The van der Waals surface area contributed by atoms with Crippen LogP contribution in [0.25, 0.3) is 11.3 Å². The zero-order chi connectivity index (χ0) is 14.3. The normalized spacial score (nSPS) is 17.8. The van der Waals surface area contributed by atoms with Crippen LogP contribution in [0.15, 0.2) is 24.5 Å². The lowest BCUT2D eigenvalue weighted by molar-refractivity contribution is 0.0982. The fraction of sp³-hybridized carbons (Fsp3) is 0.333. The van der Waals surface area contributed by atoms with Crippen LogP contribution in [0.3, 0.4) is 0 Å². The predicted molar refractivity (Wildman–Crippen MR) is 75.1 cm³/mol. The Morgan fingerprint density at radius 2 is 2.35 bits per heavy atom. The van der Waals surface area contributed by atoms with Gasteiger partial charge in [-0.15, -0.1) is 0 Å². The van der Waals surface area contributed by atoms with Gasteiger partial charge in [0.05, 0.1) is 23.1 Å². The first kappa shape index (κ1) is 12.9. The Bertz CT molecular complexity index is 662. The second-order valence-corrected chi connectivity index (χ2v) is 5.15. The molecule has 2 aromatic rings. The molecule has 3 heterocycles. The highest BCUT2D eigenvalue weighted by atomic mass is 16.3. The van der Waals surface area contributed by atoms with E-state index >= 15 is 0 Å².